The van der Waals surface area contributed by atoms with Gasteiger partial charge in [-0.3, -0.25) is 14.6 Å². The van der Waals surface area contributed by atoms with Crippen molar-refractivity contribution in [2.75, 3.05) is 6.54 Å². The third kappa shape index (κ3) is 4.90. The summed E-state index contributed by atoms with van der Waals surface area (Å²) in [6.45, 7) is 3.70. The van der Waals surface area contributed by atoms with Crippen LogP contribution in [0.15, 0.2) is 72.9 Å². The minimum absolute atomic E-state index is 0.0151. The van der Waals surface area contributed by atoms with Crippen LogP contribution in [0.2, 0.25) is 0 Å². The van der Waals surface area contributed by atoms with Crippen LogP contribution in [-0.4, -0.2) is 48.0 Å². The average molecular weight is 594 g/mol. The van der Waals surface area contributed by atoms with E-state index >= 15 is 8.78 Å². The number of amides is 1. The number of carbonyl (C=O) groups is 2. The lowest BCUT2D eigenvalue weighted by atomic mass is 9.92. The summed E-state index contributed by atoms with van der Waals surface area (Å²) in [5.41, 5.74) is 5.10. The number of hydrogen-bond acceptors (Lipinski definition) is 5. The van der Waals surface area contributed by atoms with E-state index in [4.69, 9.17) is 5.11 Å². The molecule has 7 rings (SSSR count). The third-order valence-corrected chi connectivity index (χ3v) is 8.75. The maximum atomic E-state index is 15.5. The smallest absolute Gasteiger partial charge is 0.303 e. The van der Waals surface area contributed by atoms with Gasteiger partial charge in [-0.1, -0.05) is 30.3 Å². The second-order valence-electron chi connectivity index (χ2n) is 11.7. The number of rotatable bonds is 6. The van der Waals surface area contributed by atoms with E-state index in [-0.39, 0.29) is 42.1 Å². The van der Waals surface area contributed by atoms with Gasteiger partial charge in [-0.15, -0.1) is 0 Å². The molecule has 1 amide bonds. The number of alkyl halides is 1. The van der Waals surface area contributed by atoms with Crippen molar-refractivity contribution in [2.24, 2.45) is 5.92 Å². The quantitative estimate of drug-likeness (QED) is 0.235. The maximum absolute atomic E-state index is 15.5. The Morgan fingerprint density at radius 1 is 1.02 bits per heavy atom. The van der Waals surface area contributed by atoms with Gasteiger partial charge in [-0.25, -0.2) is 18.3 Å². The molecule has 2 aliphatic rings. The molecule has 0 saturated heterocycles. The molecule has 1 saturated carbocycles. The first-order chi connectivity index (χ1) is 21.2. The molecule has 8 nitrogen and oxygen atoms in total. The highest BCUT2D eigenvalue weighted by molar-refractivity contribution is 5.94. The van der Waals surface area contributed by atoms with Gasteiger partial charge in [-0.05, 0) is 84.7 Å². The molecule has 44 heavy (non-hydrogen) atoms. The summed E-state index contributed by atoms with van der Waals surface area (Å²) in [6, 6.07) is 18.7. The first-order valence-corrected chi connectivity index (χ1v) is 14.6. The Hall–Kier alpha value is -4.99. The number of halogens is 2. The van der Waals surface area contributed by atoms with Crippen LogP contribution >= 0.6 is 0 Å². The average Bonchev–Trinajstić information content (AvgIpc) is 3.63. The van der Waals surface area contributed by atoms with Gasteiger partial charge in [0, 0.05) is 24.2 Å². The van der Waals surface area contributed by atoms with Gasteiger partial charge < -0.3 is 10.0 Å². The largest absolute Gasteiger partial charge is 0.481 e. The molecule has 4 heterocycles. The third-order valence-electron chi connectivity index (χ3n) is 8.75. The van der Waals surface area contributed by atoms with Crippen LogP contribution in [0, 0.1) is 18.7 Å². The summed E-state index contributed by atoms with van der Waals surface area (Å²) >= 11 is 0. The Kier molecular flexibility index (Phi) is 6.72. The zero-order valence-electron chi connectivity index (χ0n) is 24.1. The molecule has 0 radical (unpaired) electrons. The zero-order valence-corrected chi connectivity index (χ0v) is 24.1. The van der Waals surface area contributed by atoms with Gasteiger partial charge in [0.2, 0.25) is 0 Å². The SMILES string of the molecule is Cc1ccnc(-c2cc(C(=O)N3C[C@H](F)c4ccccc4[C@H]3C)nc3cc(-c4ccc([C@H]5C[C@@H]5CC(=O)O)cc4F)nn23)c1. The van der Waals surface area contributed by atoms with Gasteiger partial charge in [0.15, 0.2) is 5.65 Å². The number of fused-ring (bicyclic) bond motifs is 2. The standard InChI is InChI=1S/C34H29F2N5O3/c1-18-9-10-37-29(11-18)31-15-30(34(44)40-17-27(36)23-6-4-3-5-22(23)19(40)2)38-32-16-28(39-41(31)32)24-8-7-20(13-26(24)35)25-12-21(25)14-33(42)43/h3-11,13,15-16,19,21,25,27H,12,14,17H2,1-2H3,(H,42,43)/t19-,21-,25-,27+/m1/s1. The monoisotopic (exact) mass is 593 g/mol. The van der Waals surface area contributed by atoms with E-state index in [2.05, 4.69) is 15.1 Å². The number of carboxylic acid groups (broad SMARTS) is 1. The number of aryl methyl sites for hydroxylation is 1. The molecule has 10 heteroatoms. The molecular formula is C34H29F2N5O3. The van der Waals surface area contributed by atoms with Gasteiger partial charge >= 0.3 is 5.97 Å². The Morgan fingerprint density at radius 2 is 1.82 bits per heavy atom. The van der Waals surface area contributed by atoms with Crippen molar-refractivity contribution < 1.29 is 23.5 Å². The molecule has 1 fully saturated rings. The highest BCUT2D eigenvalue weighted by Crippen LogP contribution is 2.50. The lowest BCUT2D eigenvalue weighted by Crippen LogP contribution is -2.40. The number of aromatic nitrogens is 4. The van der Waals surface area contributed by atoms with Crippen LogP contribution in [0.25, 0.3) is 28.3 Å². The fourth-order valence-electron chi connectivity index (χ4n) is 6.33. The van der Waals surface area contributed by atoms with Crippen molar-refractivity contribution in [2.45, 2.75) is 44.8 Å². The Labute approximate surface area is 252 Å². The second kappa shape index (κ2) is 10.6. The van der Waals surface area contributed by atoms with Crippen molar-refractivity contribution in [1.82, 2.24) is 24.5 Å². The first kappa shape index (κ1) is 27.8. The summed E-state index contributed by atoms with van der Waals surface area (Å²) in [7, 11) is 0. The van der Waals surface area contributed by atoms with Crippen LogP contribution in [0.5, 0.6) is 0 Å². The molecule has 0 unspecified atom stereocenters. The van der Waals surface area contributed by atoms with Crippen LogP contribution in [-0.2, 0) is 4.79 Å². The molecule has 222 valence electrons. The Bertz CT molecular complexity index is 1960. The topological polar surface area (TPSA) is 101 Å². The van der Waals surface area contributed by atoms with E-state index in [0.29, 0.717) is 28.3 Å². The number of carboxylic acids is 1. The van der Waals surface area contributed by atoms with Crippen molar-refractivity contribution >= 4 is 17.5 Å². The van der Waals surface area contributed by atoms with E-state index in [1.165, 1.54) is 15.5 Å². The summed E-state index contributed by atoms with van der Waals surface area (Å²) in [5, 5.41) is 13.8. The molecule has 1 aliphatic carbocycles. The molecule has 1 aliphatic heterocycles. The number of hydrogen-bond donors (Lipinski definition) is 1. The first-order valence-electron chi connectivity index (χ1n) is 14.6. The van der Waals surface area contributed by atoms with Crippen LogP contribution < -0.4 is 0 Å². The molecule has 3 aromatic heterocycles. The van der Waals surface area contributed by atoms with Crippen LogP contribution in [0.4, 0.5) is 8.78 Å². The number of nitrogens with zero attached hydrogens (tertiary/aromatic N) is 5. The molecule has 5 aromatic rings. The molecule has 4 atom stereocenters. The summed E-state index contributed by atoms with van der Waals surface area (Å²) in [4.78, 5) is 35.6. The normalized spacial score (nSPS) is 20.9. The van der Waals surface area contributed by atoms with E-state index in [1.54, 1.807) is 36.5 Å². The van der Waals surface area contributed by atoms with Gasteiger partial charge in [0.1, 0.15) is 17.7 Å². The minimum atomic E-state index is -1.32. The fraction of sp³-hybridized carbons (Fsp3) is 0.265. The maximum Gasteiger partial charge on any atom is 0.303 e. The van der Waals surface area contributed by atoms with Crippen molar-refractivity contribution in [3.63, 3.8) is 0 Å². The number of pyridine rings is 1. The number of carbonyl (C=O) groups excluding carboxylic acids is 1. The van der Waals surface area contributed by atoms with Crippen molar-refractivity contribution in [1.29, 1.82) is 0 Å². The molecule has 0 bridgehead atoms. The summed E-state index contributed by atoms with van der Waals surface area (Å²) in [5.74, 6) is -1.72. The van der Waals surface area contributed by atoms with Crippen molar-refractivity contribution in [3.05, 3.63) is 107 Å². The van der Waals surface area contributed by atoms with Gasteiger partial charge in [0.25, 0.3) is 5.91 Å². The van der Waals surface area contributed by atoms with Gasteiger partial charge in [-0.2, -0.15) is 5.10 Å². The summed E-state index contributed by atoms with van der Waals surface area (Å²) in [6.07, 6.45) is 1.12. The lowest BCUT2D eigenvalue weighted by Gasteiger charge is -2.36. The second-order valence-corrected chi connectivity index (χ2v) is 11.7. The van der Waals surface area contributed by atoms with E-state index in [0.717, 1.165) is 23.1 Å². The van der Waals surface area contributed by atoms with Crippen LogP contribution in [0.1, 0.15) is 70.6 Å². The lowest BCUT2D eigenvalue weighted by molar-refractivity contribution is -0.137. The van der Waals surface area contributed by atoms with Gasteiger partial charge in [0.05, 0.1) is 29.7 Å². The number of benzene rings is 2. The predicted octanol–water partition coefficient (Wildman–Crippen LogP) is 6.71. The van der Waals surface area contributed by atoms with Crippen molar-refractivity contribution in [3.8, 4) is 22.6 Å². The van der Waals surface area contributed by atoms with E-state index in [9.17, 15) is 9.59 Å². The Balaban J connectivity index is 1.29. The molecule has 1 N–H and O–H groups in total. The Morgan fingerprint density at radius 3 is 2.57 bits per heavy atom. The highest BCUT2D eigenvalue weighted by atomic mass is 19.1. The van der Waals surface area contributed by atoms with E-state index < -0.39 is 23.9 Å². The highest BCUT2D eigenvalue weighted by Gasteiger charge is 2.40. The molecular weight excluding hydrogens is 564 g/mol. The fourth-order valence-corrected chi connectivity index (χ4v) is 6.33. The van der Waals surface area contributed by atoms with Crippen LogP contribution in [0.3, 0.4) is 0 Å². The minimum Gasteiger partial charge on any atom is -0.481 e. The number of aliphatic carboxylic acids is 1. The summed E-state index contributed by atoms with van der Waals surface area (Å²) < 4.78 is 32.2. The molecule has 0 spiro atoms. The predicted molar refractivity (Wildman–Crippen MR) is 159 cm³/mol. The van der Waals surface area contributed by atoms with E-state index in [1.807, 2.05) is 44.2 Å². The zero-order chi connectivity index (χ0) is 30.7. The molecule has 2 aromatic carbocycles.